The Labute approximate surface area is 167 Å². The summed E-state index contributed by atoms with van der Waals surface area (Å²) in [5.41, 5.74) is -0.433. The van der Waals surface area contributed by atoms with Crippen molar-refractivity contribution in [3.8, 4) is 0 Å². The van der Waals surface area contributed by atoms with E-state index >= 15 is 0 Å². The average molecular weight is 395 g/mol. The molecule has 0 bridgehead atoms. The number of methoxy groups -OCH3 is 2. The van der Waals surface area contributed by atoms with Crippen LogP contribution in [-0.4, -0.2) is 61.6 Å². The molecular formula is C21H34N2O5. The number of hydrogen-bond donors (Lipinski definition) is 1. The Morgan fingerprint density at radius 2 is 1.75 bits per heavy atom. The zero-order chi connectivity index (χ0) is 21.0. The SMILES string of the molecule is COC(=O)[C@@H]1[C@@H]2[C@H](CN1C(=O)[C@@H](NC(=O)C1CC(OC)C1)C(C)(C)C)C2(C)C. The highest BCUT2D eigenvalue weighted by Crippen LogP contribution is 2.65. The van der Waals surface area contributed by atoms with Crippen LogP contribution >= 0.6 is 0 Å². The van der Waals surface area contributed by atoms with E-state index in [-0.39, 0.29) is 41.1 Å². The number of piperidine rings is 1. The molecule has 4 atom stereocenters. The monoisotopic (exact) mass is 394 g/mol. The number of esters is 1. The van der Waals surface area contributed by atoms with Gasteiger partial charge < -0.3 is 19.7 Å². The zero-order valence-corrected chi connectivity index (χ0v) is 18.1. The van der Waals surface area contributed by atoms with Crippen LogP contribution in [0.1, 0.15) is 47.5 Å². The molecule has 1 heterocycles. The van der Waals surface area contributed by atoms with Gasteiger partial charge in [-0.2, -0.15) is 0 Å². The van der Waals surface area contributed by atoms with Crippen LogP contribution < -0.4 is 5.32 Å². The second-order valence-corrected chi connectivity index (χ2v) is 10.2. The van der Waals surface area contributed by atoms with Crippen LogP contribution in [0.15, 0.2) is 0 Å². The van der Waals surface area contributed by atoms with Crippen LogP contribution in [0.5, 0.6) is 0 Å². The Kier molecular flexibility index (Phi) is 5.28. The fourth-order valence-corrected chi connectivity index (χ4v) is 4.95. The molecule has 1 saturated heterocycles. The summed E-state index contributed by atoms with van der Waals surface area (Å²) in [5.74, 6) is -0.375. The van der Waals surface area contributed by atoms with E-state index in [2.05, 4.69) is 19.2 Å². The summed E-state index contributed by atoms with van der Waals surface area (Å²) in [6.45, 7) is 10.6. The van der Waals surface area contributed by atoms with E-state index in [1.807, 2.05) is 20.8 Å². The second kappa shape index (κ2) is 7.01. The first-order chi connectivity index (χ1) is 12.9. The number of amides is 2. The molecule has 0 spiro atoms. The van der Waals surface area contributed by atoms with Crippen LogP contribution in [0.4, 0.5) is 0 Å². The van der Waals surface area contributed by atoms with Crippen molar-refractivity contribution in [1.29, 1.82) is 0 Å². The molecule has 2 saturated carbocycles. The molecule has 3 rings (SSSR count). The van der Waals surface area contributed by atoms with Gasteiger partial charge >= 0.3 is 5.97 Å². The third kappa shape index (κ3) is 3.42. The van der Waals surface area contributed by atoms with Crippen LogP contribution in [-0.2, 0) is 23.9 Å². The summed E-state index contributed by atoms with van der Waals surface area (Å²) < 4.78 is 10.3. The summed E-state index contributed by atoms with van der Waals surface area (Å²) in [7, 11) is 3.01. The number of likely N-dealkylation sites (tertiary alicyclic amines) is 1. The Bertz CT molecular complexity index is 662. The Balaban J connectivity index is 1.75. The molecule has 0 radical (unpaired) electrons. The van der Waals surface area contributed by atoms with E-state index in [4.69, 9.17) is 9.47 Å². The molecular weight excluding hydrogens is 360 g/mol. The molecule has 0 aromatic rings. The molecule has 7 heteroatoms. The third-order valence-corrected chi connectivity index (χ3v) is 7.13. The molecule has 7 nitrogen and oxygen atoms in total. The molecule has 28 heavy (non-hydrogen) atoms. The highest BCUT2D eigenvalue weighted by Gasteiger charge is 2.70. The van der Waals surface area contributed by atoms with Crippen molar-refractivity contribution in [2.24, 2.45) is 28.6 Å². The fraction of sp³-hybridized carbons (Fsp3) is 0.857. The van der Waals surface area contributed by atoms with Crippen LogP contribution in [0, 0.1) is 28.6 Å². The Hall–Kier alpha value is -1.63. The summed E-state index contributed by atoms with van der Waals surface area (Å²) in [6.07, 6.45) is 1.48. The van der Waals surface area contributed by atoms with E-state index in [0.717, 1.165) is 0 Å². The van der Waals surface area contributed by atoms with E-state index in [9.17, 15) is 14.4 Å². The first-order valence-electron chi connectivity index (χ1n) is 10.1. The van der Waals surface area contributed by atoms with Crippen molar-refractivity contribution < 1.29 is 23.9 Å². The maximum Gasteiger partial charge on any atom is 0.328 e. The van der Waals surface area contributed by atoms with Crippen molar-refractivity contribution in [3.05, 3.63) is 0 Å². The molecule has 0 unspecified atom stereocenters. The van der Waals surface area contributed by atoms with E-state index in [0.29, 0.717) is 25.3 Å². The van der Waals surface area contributed by atoms with Gasteiger partial charge in [0.25, 0.3) is 0 Å². The number of carbonyl (C=O) groups excluding carboxylic acids is 3. The number of ether oxygens (including phenoxy) is 2. The number of fused-ring (bicyclic) bond motifs is 1. The van der Waals surface area contributed by atoms with Gasteiger partial charge in [-0.3, -0.25) is 9.59 Å². The highest BCUT2D eigenvalue weighted by atomic mass is 16.5. The molecule has 158 valence electrons. The van der Waals surface area contributed by atoms with Crippen molar-refractivity contribution in [2.45, 2.75) is 65.6 Å². The van der Waals surface area contributed by atoms with Crippen molar-refractivity contribution in [3.63, 3.8) is 0 Å². The quantitative estimate of drug-likeness (QED) is 0.716. The summed E-state index contributed by atoms with van der Waals surface area (Å²) in [4.78, 5) is 40.2. The number of hydrogen-bond acceptors (Lipinski definition) is 5. The van der Waals surface area contributed by atoms with Gasteiger partial charge in [0.15, 0.2) is 0 Å². The zero-order valence-electron chi connectivity index (χ0n) is 18.1. The number of carbonyl (C=O) groups is 3. The molecule has 1 N–H and O–H groups in total. The minimum Gasteiger partial charge on any atom is -0.467 e. The minimum atomic E-state index is -0.686. The standard InChI is InChI=1S/C21H34N2O5/c1-20(2,3)16(22-17(24)11-8-12(9-11)27-6)18(25)23-10-13-14(21(13,4)5)15(23)19(26)28-7/h11-16H,8-10H2,1-7H3,(H,22,24)/t11?,12?,13-,14-,15-,16+/m0/s1. The highest BCUT2D eigenvalue weighted by molar-refractivity contribution is 5.93. The van der Waals surface area contributed by atoms with Gasteiger partial charge in [0.2, 0.25) is 11.8 Å². The molecule has 0 aromatic heterocycles. The van der Waals surface area contributed by atoms with Gasteiger partial charge in [-0.05, 0) is 29.6 Å². The van der Waals surface area contributed by atoms with Crippen molar-refractivity contribution in [1.82, 2.24) is 10.2 Å². The molecule has 2 amide bonds. The number of nitrogens with one attached hydrogen (secondary N) is 1. The Morgan fingerprint density at radius 1 is 1.14 bits per heavy atom. The largest absolute Gasteiger partial charge is 0.467 e. The average Bonchev–Trinajstić information content (AvgIpc) is 2.93. The van der Waals surface area contributed by atoms with Crippen molar-refractivity contribution >= 4 is 17.8 Å². The predicted octanol–water partition coefficient (Wildman–Crippen LogP) is 1.60. The van der Waals surface area contributed by atoms with Gasteiger partial charge in [0.05, 0.1) is 13.2 Å². The normalized spacial score (nSPS) is 34.1. The molecule has 3 aliphatic rings. The molecule has 1 aliphatic heterocycles. The van der Waals surface area contributed by atoms with Crippen LogP contribution in [0.2, 0.25) is 0 Å². The van der Waals surface area contributed by atoms with E-state index in [1.54, 1.807) is 12.0 Å². The molecule has 0 aromatic carbocycles. The first kappa shape index (κ1) is 21.1. The van der Waals surface area contributed by atoms with Gasteiger partial charge in [0, 0.05) is 25.5 Å². The summed E-state index contributed by atoms with van der Waals surface area (Å²) >= 11 is 0. The lowest BCUT2D eigenvalue weighted by Crippen LogP contribution is -2.59. The minimum absolute atomic E-state index is 0.0389. The molecule has 2 aliphatic carbocycles. The lowest BCUT2D eigenvalue weighted by Gasteiger charge is -2.39. The maximum absolute atomic E-state index is 13.5. The Morgan fingerprint density at radius 3 is 2.25 bits per heavy atom. The van der Waals surface area contributed by atoms with Crippen LogP contribution in [0.3, 0.4) is 0 Å². The lowest BCUT2D eigenvalue weighted by molar-refractivity contribution is -0.155. The maximum atomic E-state index is 13.5. The third-order valence-electron chi connectivity index (χ3n) is 7.13. The predicted molar refractivity (Wildman–Crippen MR) is 103 cm³/mol. The lowest BCUT2D eigenvalue weighted by atomic mass is 9.80. The fourth-order valence-electron chi connectivity index (χ4n) is 4.95. The summed E-state index contributed by atoms with van der Waals surface area (Å²) in [5, 5.41) is 2.97. The van der Waals surface area contributed by atoms with E-state index in [1.165, 1.54) is 7.11 Å². The van der Waals surface area contributed by atoms with Gasteiger partial charge in [0.1, 0.15) is 12.1 Å². The summed E-state index contributed by atoms with van der Waals surface area (Å²) in [6, 6.07) is -1.25. The molecule has 3 fully saturated rings. The van der Waals surface area contributed by atoms with Gasteiger partial charge in [-0.1, -0.05) is 34.6 Å². The van der Waals surface area contributed by atoms with Crippen LogP contribution in [0.25, 0.3) is 0 Å². The van der Waals surface area contributed by atoms with E-state index < -0.39 is 17.5 Å². The number of rotatable bonds is 5. The first-order valence-corrected chi connectivity index (χ1v) is 10.1. The van der Waals surface area contributed by atoms with Gasteiger partial charge in [-0.15, -0.1) is 0 Å². The number of nitrogens with zero attached hydrogens (tertiary/aromatic N) is 1. The van der Waals surface area contributed by atoms with Gasteiger partial charge in [-0.25, -0.2) is 4.79 Å². The second-order valence-electron chi connectivity index (χ2n) is 10.2. The van der Waals surface area contributed by atoms with Crippen molar-refractivity contribution in [2.75, 3.05) is 20.8 Å². The smallest absolute Gasteiger partial charge is 0.328 e. The topological polar surface area (TPSA) is 84.9 Å².